The zero-order valence-electron chi connectivity index (χ0n) is 13.0. The van der Waals surface area contributed by atoms with Crippen molar-refractivity contribution in [3.63, 3.8) is 0 Å². The molecule has 2 amide bonds. The lowest BCUT2D eigenvalue weighted by Gasteiger charge is -2.28. The standard InChI is InChI=1S/C19H9BrF3NO2/c20-15-8-7-14-16-12(15)5-2-6-13(16)17(25)24(18(14)26)11-4-1-3-10(9-11)19(21,22)23/h1-9H. The zero-order chi connectivity index (χ0) is 18.6. The largest absolute Gasteiger partial charge is 0.416 e. The predicted octanol–water partition coefficient (Wildman–Crippen LogP) is 5.42. The Balaban J connectivity index is 1.93. The normalized spacial score (nSPS) is 14.2. The molecule has 1 aliphatic heterocycles. The van der Waals surface area contributed by atoms with Gasteiger partial charge in [-0.25, -0.2) is 4.90 Å². The average Bonchev–Trinajstić information content (AvgIpc) is 2.60. The van der Waals surface area contributed by atoms with E-state index in [0.29, 0.717) is 10.8 Å². The van der Waals surface area contributed by atoms with Crippen LogP contribution in [-0.4, -0.2) is 11.8 Å². The number of nitrogens with zero attached hydrogens (tertiary/aromatic N) is 1. The molecule has 1 aliphatic rings. The number of hydrogen-bond donors (Lipinski definition) is 0. The van der Waals surface area contributed by atoms with Crippen LogP contribution in [-0.2, 0) is 6.18 Å². The Labute approximate surface area is 154 Å². The maximum Gasteiger partial charge on any atom is 0.416 e. The first-order valence-electron chi connectivity index (χ1n) is 7.56. The van der Waals surface area contributed by atoms with Crippen molar-refractivity contribution in [2.24, 2.45) is 0 Å². The van der Waals surface area contributed by atoms with Gasteiger partial charge >= 0.3 is 6.18 Å². The molecule has 3 aromatic carbocycles. The van der Waals surface area contributed by atoms with Gasteiger partial charge in [0.2, 0.25) is 0 Å². The summed E-state index contributed by atoms with van der Waals surface area (Å²) < 4.78 is 39.7. The first kappa shape index (κ1) is 16.8. The molecule has 0 aliphatic carbocycles. The van der Waals surface area contributed by atoms with E-state index < -0.39 is 23.6 Å². The number of benzene rings is 3. The van der Waals surface area contributed by atoms with Crippen molar-refractivity contribution in [2.75, 3.05) is 4.90 Å². The molecule has 26 heavy (non-hydrogen) atoms. The van der Waals surface area contributed by atoms with Gasteiger partial charge in [0.15, 0.2) is 0 Å². The van der Waals surface area contributed by atoms with Gasteiger partial charge in [-0.1, -0.05) is 34.1 Å². The Morgan fingerprint density at radius 3 is 2.19 bits per heavy atom. The molecule has 0 radical (unpaired) electrons. The zero-order valence-corrected chi connectivity index (χ0v) is 14.6. The predicted molar refractivity (Wildman–Crippen MR) is 94.2 cm³/mol. The van der Waals surface area contributed by atoms with E-state index in [1.54, 1.807) is 30.3 Å². The van der Waals surface area contributed by atoms with E-state index in [1.165, 1.54) is 12.1 Å². The number of halogens is 4. The van der Waals surface area contributed by atoms with E-state index in [2.05, 4.69) is 15.9 Å². The fourth-order valence-electron chi connectivity index (χ4n) is 3.12. The number of amides is 2. The minimum absolute atomic E-state index is 0.111. The Hall–Kier alpha value is -2.67. The van der Waals surface area contributed by atoms with Gasteiger partial charge < -0.3 is 0 Å². The van der Waals surface area contributed by atoms with Crippen molar-refractivity contribution in [3.8, 4) is 0 Å². The lowest BCUT2D eigenvalue weighted by atomic mass is 9.93. The number of rotatable bonds is 1. The number of hydrogen-bond acceptors (Lipinski definition) is 2. The van der Waals surface area contributed by atoms with Crippen LogP contribution in [0, 0.1) is 0 Å². The number of imide groups is 1. The summed E-state index contributed by atoms with van der Waals surface area (Å²) in [6, 6.07) is 12.4. The average molecular weight is 420 g/mol. The van der Waals surface area contributed by atoms with Crippen LogP contribution < -0.4 is 4.90 Å². The molecule has 0 saturated heterocycles. The highest BCUT2D eigenvalue weighted by Gasteiger charge is 2.36. The van der Waals surface area contributed by atoms with Crippen LogP contribution in [0.15, 0.2) is 59.1 Å². The van der Waals surface area contributed by atoms with Crippen LogP contribution in [0.5, 0.6) is 0 Å². The van der Waals surface area contributed by atoms with Gasteiger partial charge in [0.1, 0.15) is 0 Å². The van der Waals surface area contributed by atoms with E-state index in [4.69, 9.17) is 0 Å². The second kappa shape index (κ2) is 5.67. The van der Waals surface area contributed by atoms with Gasteiger partial charge in [0, 0.05) is 21.0 Å². The summed E-state index contributed by atoms with van der Waals surface area (Å²) >= 11 is 3.39. The molecule has 0 atom stereocenters. The van der Waals surface area contributed by atoms with Gasteiger partial charge in [-0.2, -0.15) is 13.2 Å². The first-order chi connectivity index (χ1) is 12.3. The van der Waals surface area contributed by atoms with Crippen LogP contribution in [0.4, 0.5) is 18.9 Å². The smallest absolute Gasteiger partial charge is 0.268 e. The van der Waals surface area contributed by atoms with E-state index >= 15 is 0 Å². The first-order valence-corrected chi connectivity index (χ1v) is 8.35. The maximum absolute atomic E-state index is 13.0. The third-order valence-electron chi connectivity index (χ3n) is 4.29. The molecule has 1 heterocycles. The van der Waals surface area contributed by atoms with E-state index in [0.717, 1.165) is 21.5 Å². The van der Waals surface area contributed by atoms with Crippen LogP contribution >= 0.6 is 15.9 Å². The molecule has 0 N–H and O–H groups in total. The highest BCUT2D eigenvalue weighted by molar-refractivity contribution is 9.10. The number of carbonyl (C=O) groups excluding carboxylic acids is 2. The molecule has 0 aromatic heterocycles. The quantitative estimate of drug-likeness (QED) is 0.493. The fraction of sp³-hybridized carbons (Fsp3) is 0.0526. The highest BCUT2D eigenvalue weighted by atomic mass is 79.9. The molecule has 0 spiro atoms. The molecular formula is C19H9BrF3NO2. The van der Waals surface area contributed by atoms with Crippen molar-refractivity contribution in [1.82, 2.24) is 0 Å². The summed E-state index contributed by atoms with van der Waals surface area (Å²) in [7, 11) is 0. The highest BCUT2D eigenvalue weighted by Crippen LogP contribution is 2.37. The van der Waals surface area contributed by atoms with Crippen molar-refractivity contribution in [1.29, 1.82) is 0 Å². The minimum atomic E-state index is -4.57. The van der Waals surface area contributed by atoms with E-state index in [1.807, 2.05) is 0 Å². The van der Waals surface area contributed by atoms with Gasteiger partial charge in [-0.05, 0) is 41.8 Å². The second-order valence-corrected chi connectivity index (χ2v) is 6.67. The lowest BCUT2D eigenvalue weighted by Crippen LogP contribution is -2.40. The minimum Gasteiger partial charge on any atom is -0.268 e. The van der Waals surface area contributed by atoms with Crippen molar-refractivity contribution in [2.45, 2.75) is 6.18 Å². The van der Waals surface area contributed by atoms with Crippen molar-refractivity contribution >= 4 is 44.2 Å². The van der Waals surface area contributed by atoms with Gasteiger partial charge in [-0.3, -0.25) is 9.59 Å². The summed E-state index contributed by atoms with van der Waals surface area (Å²) in [4.78, 5) is 26.6. The van der Waals surface area contributed by atoms with Gasteiger partial charge in [0.25, 0.3) is 11.8 Å². The topological polar surface area (TPSA) is 37.4 Å². The Morgan fingerprint density at radius 2 is 1.50 bits per heavy atom. The number of anilines is 1. The van der Waals surface area contributed by atoms with Crippen LogP contribution in [0.2, 0.25) is 0 Å². The second-order valence-electron chi connectivity index (χ2n) is 5.82. The molecule has 4 rings (SSSR count). The Morgan fingerprint density at radius 1 is 0.846 bits per heavy atom. The number of alkyl halides is 3. The molecule has 0 bridgehead atoms. The van der Waals surface area contributed by atoms with Crippen molar-refractivity contribution in [3.05, 3.63) is 75.8 Å². The third-order valence-corrected chi connectivity index (χ3v) is 4.98. The molecule has 3 nitrogen and oxygen atoms in total. The monoisotopic (exact) mass is 419 g/mol. The third kappa shape index (κ3) is 2.42. The summed E-state index contributed by atoms with van der Waals surface area (Å²) in [5.74, 6) is -1.30. The summed E-state index contributed by atoms with van der Waals surface area (Å²) in [5.41, 5.74) is -0.484. The number of carbonyl (C=O) groups is 2. The van der Waals surface area contributed by atoms with Gasteiger partial charge in [0.05, 0.1) is 11.3 Å². The SMILES string of the molecule is O=C1c2cccc3c(Br)ccc(c23)C(=O)N1c1cccc(C(F)(F)F)c1. The van der Waals surface area contributed by atoms with Crippen LogP contribution in [0.3, 0.4) is 0 Å². The summed E-state index contributed by atoms with van der Waals surface area (Å²) in [6.45, 7) is 0. The van der Waals surface area contributed by atoms with E-state index in [9.17, 15) is 22.8 Å². The van der Waals surface area contributed by atoms with Gasteiger partial charge in [-0.15, -0.1) is 0 Å². The molecule has 130 valence electrons. The summed E-state index contributed by atoms with van der Waals surface area (Å²) in [6.07, 6.45) is -4.57. The molecule has 3 aromatic rings. The fourth-order valence-corrected chi connectivity index (χ4v) is 3.58. The lowest BCUT2D eigenvalue weighted by molar-refractivity contribution is -0.137. The molecule has 0 unspecified atom stereocenters. The molecule has 0 fully saturated rings. The van der Waals surface area contributed by atoms with Crippen LogP contribution in [0.25, 0.3) is 10.8 Å². The van der Waals surface area contributed by atoms with Crippen LogP contribution in [0.1, 0.15) is 26.3 Å². The van der Waals surface area contributed by atoms with Crippen molar-refractivity contribution < 1.29 is 22.8 Å². The molecule has 0 saturated carbocycles. The Kier molecular flexibility index (Phi) is 3.66. The summed E-state index contributed by atoms with van der Waals surface area (Å²) in [5, 5.41) is 1.20. The molecule has 7 heteroatoms. The maximum atomic E-state index is 13.0. The Bertz CT molecular complexity index is 1070. The molecular weight excluding hydrogens is 411 g/mol. The van der Waals surface area contributed by atoms with E-state index in [-0.39, 0.29) is 16.8 Å².